The van der Waals surface area contributed by atoms with Crippen LogP contribution in [0.3, 0.4) is 0 Å². The molecule has 0 saturated carbocycles. The highest BCUT2D eigenvalue weighted by Crippen LogP contribution is 2.20. The van der Waals surface area contributed by atoms with E-state index in [1.54, 1.807) is 17.8 Å². The number of aliphatic hydroxyl groups is 1. The van der Waals surface area contributed by atoms with E-state index in [1.807, 2.05) is 66.9 Å². The van der Waals surface area contributed by atoms with Gasteiger partial charge in [0.2, 0.25) is 0 Å². The van der Waals surface area contributed by atoms with Crippen molar-refractivity contribution in [3.8, 4) is 0 Å². The van der Waals surface area contributed by atoms with E-state index in [-0.39, 0.29) is 12.5 Å². The Hall–Kier alpha value is -2.30. The van der Waals surface area contributed by atoms with Gasteiger partial charge in [-0.05, 0) is 40.8 Å². The van der Waals surface area contributed by atoms with Crippen LogP contribution in [0.1, 0.15) is 22.0 Å². The first kappa shape index (κ1) is 16.6. The van der Waals surface area contributed by atoms with Gasteiger partial charge in [-0.2, -0.15) is 0 Å². The highest BCUT2D eigenvalue weighted by atomic mass is 32.2. The average molecular weight is 337 g/mol. The van der Waals surface area contributed by atoms with Gasteiger partial charge in [-0.1, -0.05) is 48.5 Å². The first-order valence-electron chi connectivity index (χ1n) is 7.77. The standard InChI is InChI=1S/C20H19NO2S/c1-24-16-11-9-15(10-12-16)19(22)13-21-20(23)18-8-4-6-14-5-2-3-7-17(14)18/h2-12,19,22H,13H2,1H3,(H,21,23). The number of fused-ring (bicyclic) bond motifs is 1. The van der Waals surface area contributed by atoms with E-state index in [0.717, 1.165) is 21.2 Å². The predicted octanol–water partition coefficient (Wildman–Crippen LogP) is 4.03. The van der Waals surface area contributed by atoms with Crippen molar-refractivity contribution in [3.63, 3.8) is 0 Å². The molecule has 0 heterocycles. The number of rotatable bonds is 5. The molecule has 0 radical (unpaired) electrons. The highest BCUT2D eigenvalue weighted by molar-refractivity contribution is 7.98. The van der Waals surface area contributed by atoms with Gasteiger partial charge in [-0.15, -0.1) is 11.8 Å². The number of carbonyl (C=O) groups is 1. The van der Waals surface area contributed by atoms with Crippen molar-refractivity contribution in [2.45, 2.75) is 11.0 Å². The summed E-state index contributed by atoms with van der Waals surface area (Å²) in [6.45, 7) is 0.181. The minimum Gasteiger partial charge on any atom is -0.387 e. The predicted molar refractivity (Wildman–Crippen MR) is 99.5 cm³/mol. The molecule has 4 heteroatoms. The highest BCUT2D eigenvalue weighted by Gasteiger charge is 2.13. The second-order valence-electron chi connectivity index (χ2n) is 5.53. The van der Waals surface area contributed by atoms with Crippen molar-refractivity contribution in [1.82, 2.24) is 5.32 Å². The van der Waals surface area contributed by atoms with Gasteiger partial charge >= 0.3 is 0 Å². The van der Waals surface area contributed by atoms with Crippen molar-refractivity contribution in [3.05, 3.63) is 77.9 Å². The molecule has 0 bridgehead atoms. The van der Waals surface area contributed by atoms with Gasteiger partial charge in [0.25, 0.3) is 5.91 Å². The number of aliphatic hydroxyl groups excluding tert-OH is 1. The van der Waals surface area contributed by atoms with Crippen LogP contribution in [0, 0.1) is 0 Å². The molecule has 1 unspecified atom stereocenters. The monoisotopic (exact) mass is 337 g/mol. The van der Waals surface area contributed by atoms with Crippen LogP contribution in [-0.4, -0.2) is 23.8 Å². The third kappa shape index (κ3) is 3.61. The van der Waals surface area contributed by atoms with Crippen LogP contribution in [0.25, 0.3) is 10.8 Å². The van der Waals surface area contributed by atoms with Crippen molar-refractivity contribution in [2.75, 3.05) is 12.8 Å². The van der Waals surface area contributed by atoms with Gasteiger partial charge in [-0.3, -0.25) is 4.79 Å². The van der Waals surface area contributed by atoms with E-state index in [4.69, 9.17) is 0 Å². The Morgan fingerprint density at radius 3 is 2.50 bits per heavy atom. The Bertz CT molecular complexity index is 840. The summed E-state index contributed by atoms with van der Waals surface area (Å²) in [6.07, 6.45) is 1.29. The van der Waals surface area contributed by atoms with Crippen LogP contribution in [-0.2, 0) is 0 Å². The Labute approximate surface area is 145 Å². The van der Waals surface area contributed by atoms with Gasteiger partial charge in [-0.25, -0.2) is 0 Å². The van der Waals surface area contributed by atoms with Gasteiger partial charge in [0.05, 0.1) is 6.10 Å². The number of hydrogen-bond donors (Lipinski definition) is 2. The summed E-state index contributed by atoms with van der Waals surface area (Å²) in [5, 5.41) is 15.0. The number of benzene rings is 3. The minimum atomic E-state index is -0.722. The summed E-state index contributed by atoms with van der Waals surface area (Å²) >= 11 is 1.65. The maximum Gasteiger partial charge on any atom is 0.252 e. The lowest BCUT2D eigenvalue weighted by molar-refractivity contribution is 0.0918. The fourth-order valence-electron chi connectivity index (χ4n) is 2.65. The van der Waals surface area contributed by atoms with Crippen molar-refractivity contribution < 1.29 is 9.90 Å². The molecule has 0 spiro atoms. The third-order valence-electron chi connectivity index (χ3n) is 3.99. The molecule has 2 N–H and O–H groups in total. The molecule has 3 aromatic rings. The number of amides is 1. The van der Waals surface area contributed by atoms with E-state index in [9.17, 15) is 9.90 Å². The summed E-state index contributed by atoms with van der Waals surface area (Å²) in [4.78, 5) is 13.6. The number of thioether (sulfide) groups is 1. The molecule has 24 heavy (non-hydrogen) atoms. The smallest absolute Gasteiger partial charge is 0.252 e. The van der Waals surface area contributed by atoms with Gasteiger partial charge in [0, 0.05) is 17.0 Å². The second kappa shape index (κ2) is 7.51. The van der Waals surface area contributed by atoms with Crippen LogP contribution in [0.4, 0.5) is 0 Å². The fraction of sp³-hybridized carbons (Fsp3) is 0.150. The summed E-state index contributed by atoms with van der Waals surface area (Å²) in [7, 11) is 0. The molecule has 0 fully saturated rings. The van der Waals surface area contributed by atoms with Crippen molar-refractivity contribution in [1.29, 1.82) is 0 Å². The molecule has 1 amide bonds. The molecule has 0 aliphatic rings. The molecule has 3 aromatic carbocycles. The van der Waals surface area contributed by atoms with Crippen LogP contribution in [0.2, 0.25) is 0 Å². The fourth-order valence-corrected chi connectivity index (χ4v) is 3.06. The van der Waals surface area contributed by atoms with E-state index in [1.165, 1.54) is 0 Å². The summed E-state index contributed by atoms with van der Waals surface area (Å²) in [5.41, 5.74) is 1.42. The topological polar surface area (TPSA) is 49.3 Å². The minimum absolute atomic E-state index is 0.174. The SMILES string of the molecule is CSc1ccc(C(O)CNC(=O)c2cccc3ccccc23)cc1. The lowest BCUT2D eigenvalue weighted by atomic mass is 10.0. The van der Waals surface area contributed by atoms with Gasteiger partial charge < -0.3 is 10.4 Å². The van der Waals surface area contributed by atoms with Crippen molar-refractivity contribution in [2.24, 2.45) is 0 Å². The number of hydrogen-bond acceptors (Lipinski definition) is 3. The number of carbonyl (C=O) groups excluding carboxylic acids is 1. The molecule has 0 aromatic heterocycles. The maximum atomic E-state index is 12.5. The van der Waals surface area contributed by atoms with Gasteiger partial charge in [0.1, 0.15) is 0 Å². The normalized spacial score (nSPS) is 12.1. The summed E-state index contributed by atoms with van der Waals surface area (Å²) in [5.74, 6) is -0.174. The molecule has 0 aliphatic heterocycles. The van der Waals surface area contributed by atoms with Crippen LogP contribution < -0.4 is 5.32 Å². The zero-order valence-electron chi connectivity index (χ0n) is 13.4. The Morgan fingerprint density at radius 2 is 1.75 bits per heavy atom. The molecule has 122 valence electrons. The summed E-state index contributed by atoms with van der Waals surface area (Å²) in [6, 6.07) is 21.1. The van der Waals surface area contributed by atoms with Crippen molar-refractivity contribution >= 4 is 28.4 Å². The van der Waals surface area contributed by atoms with E-state index in [2.05, 4.69) is 5.32 Å². The van der Waals surface area contributed by atoms with E-state index >= 15 is 0 Å². The van der Waals surface area contributed by atoms with Crippen LogP contribution in [0.5, 0.6) is 0 Å². The molecule has 0 saturated heterocycles. The average Bonchev–Trinajstić information content (AvgIpc) is 2.65. The molecular weight excluding hydrogens is 318 g/mol. The lowest BCUT2D eigenvalue weighted by Crippen LogP contribution is -2.28. The van der Waals surface area contributed by atoms with Crippen LogP contribution >= 0.6 is 11.8 Å². The molecule has 0 aliphatic carbocycles. The molecular formula is C20H19NO2S. The molecule has 3 rings (SSSR count). The Balaban J connectivity index is 1.70. The lowest BCUT2D eigenvalue weighted by Gasteiger charge is -2.13. The maximum absolute atomic E-state index is 12.5. The van der Waals surface area contributed by atoms with E-state index < -0.39 is 6.10 Å². The van der Waals surface area contributed by atoms with Crippen LogP contribution in [0.15, 0.2) is 71.6 Å². The largest absolute Gasteiger partial charge is 0.387 e. The molecule has 3 nitrogen and oxygen atoms in total. The zero-order valence-corrected chi connectivity index (χ0v) is 14.2. The quantitative estimate of drug-likeness (QED) is 0.691. The number of nitrogens with one attached hydrogen (secondary N) is 1. The third-order valence-corrected chi connectivity index (χ3v) is 4.73. The zero-order chi connectivity index (χ0) is 16.9. The first-order valence-corrected chi connectivity index (χ1v) is 8.99. The first-order chi connectivity index (χ1) is 11.7. The second-order valence-corrected chi connectivity index (χ2v) is 6.41. The Kier molecular flexibility index (Phi) is 5.18. The van der Waals surface area contributed by atoms with E-state index in [0.29, 0.717) is 5.56 Å². The summed E-state index contributed by atoms with van der Waals surface area (Å²) < 4.78 is 0. The van der Waals surface area contributed by atoms with Gasteiger partial charge in [0.15, 0.2) is 0 Å². The Morgan fingerprint density at radius 1 is 1.04 bits per heavy atom. The molecule has 1 atom stereocenters.